The standard InChI is InChI=1S/C20H21FN2O3.C2H6/c1-12(24)11-22-20(25)15-8-6-14(7-9-15)19-18(13(2)26-23-19)16-4-3-5-17(21)10-16;1-2/h3-10,12-13,18,24H,11H2,1-2H3,(H,22,25);1-2H3. The van der Waals surface area contributed by atoms with Crippen molar-refractivity contribution in [3.05, 3.63) is 71.0 Å². The van der Waals surface area contributed by atoms with Crippen LogP contribution >= 0.6 is 0 Å². The summed E-state index contributed by atoms with van der Waals surface area (Å²) in [5, 5.41) is 16.1. The van der Waals surface area contributed by atoms with Gasteiger partial charge in [0.2, 0.25) is 0 Å². The molecule has 1 aliphatic heterocycles. The van der Waals surface area contributed by atoms with Crippen molar-refractivity contribution in [2.24, 2.45) is 5.16 Å². The molecule has 2 aromatic carbocycles. The predicted molar refractivity (Wildman–Crippen MR) is 108 cm³/mol. The fourth-order valence-corrected chi connectivity index (χ4v) is 2.98. The third-order valence-electron chi connectivity index (χ3n) is 4.29. The molecule has 0 aromatic heterocycles. The van der Waals surface area contributed by atoms with Crippen molar-refractivity contribution in [1.29, 1.82) is 0 Å². The van der Waals surface area contributed by atoms with Gasteiger partial charge in [-0.1, -0.05) is 43.3 Å². The van der Waals surface area contributed by atoms with E-state index in [9.17, 15) is 14.3 Å². The number of benzene rings is 2. The Morgan fingerprint density at radius 2 is 1.93 bits per heavy atom. The van der Waals surface area contributed by atoms with Crippen LogP contribution in [-0.2, 0) is 4.84 Å². The van der Waals surface area contributed by atoms with Crippen LogP contribution in [0.1, 0.15) is 55.1 Å². The summed E-state index contributed by atoms with van der Waals surface area (Å²) in [6.45, 7) is 7.69. The van der Waals surface area contributed by atoms with Gasteiger partial charge in [-0.15, -0.1) is 0 Å². The van der Waals surface area contributed by atoms with Crippen LogP contribution in [0.2, 0.25) is 0 Å². The SMILES string of the molecule is CC.CC(O)CNC(=O)c1ccc(C2=NOC(C)C2c2cccc(F)c2)cc1. The molecule has 2 aromatic rings. The van der Waals surface area contributed by atoms with Gasteiger partial charge in [-0.05, 0) is 43.7 Å². The highest BCUT2D eigenvalue weighted by molar-refractivity contribution is 6.06. The molecule has 0 spiro atoms. The first kappa shape index (κ1) is 21.6. The number of hydrogen-bond acceptors (Lipinski definition) is 4. The lowest BCUT2D eigenvalue weighted by Crippen LogP contribution is -2.30. The van der Waals surface area contributed by atoms with Crippen LogP contribution in [0.4, 0.5) is 4.39 Å². The third kappa shape index (κ3) is 5.16. The van der Waals surface area contributed by atoms with Crippen LogP contribution in [0.3, 0.4) is 0 Å². The van der Waals surface area contributed by atoms with Crippen LogP contribution in [-0.4, -0.2) is 35.5 Å². The highest BCUT2D eigenvalue weighted by atomic mass is 19.1. The predicted octanol–water partition coefficient (Wildman–Crippen LogP) is 3.87. The van der Waals surface area contributed by atoms with Crippen LogP contribution in [0.15, 0.2) is 53.7 Å². The average molecular weight is 386 g/mol. The molecule has 28 heavy (non-hydrogen) atoms. The molecule has 5 nitrogen and oxygen atoms in total. The minimum absolute atomic E-state index is 0.180. The van der Waals surface area contributed by atoms with Gasteiger partial charge in [-0.25, -0.2) is 4.39 Å². The minimum atomic E-state index is -0.600. The summed E-state index contributed by atoms with van der Waals surface area (Å²) in [4.78, 5) is 17.5. The van der Waals surface area contributed by atoms with E-state index in [0.717, 1.165) is 11.1 Å². The van der Waals surface area contributed by atoms with Gasteiger partial charge in [0.25, 0.3) is 5.91 Å². The van der Waals surface area contributed by atoms with Crippen molar-refractivity contribution in [1.82, 2.24) is 5.32 Å². The number of rotatable bonds is 5. The molecular weight excluding hydrogens is 359 g/mol. The molecule has 6 heteroatoms. The maximum absolute atomic E-state index is 13.6. The minimum Gasteiger partial charge on any atom is -0.392 e. The summed E-state index contributed by atoms with van der Waals surface area (Å²) in [6.07, 6.45) is -0.808. The normalized spacial score (nSPS) is 19.0. The molecule has 0 fully saturated rings. The molecule has 1 aliphatic rings. The Morgan fingerprint density at radius 3 is 2.54 bits per heavy atom. The van der Waals surface area contributed by atoms with E-state index in [-0.39, 0.29) is 30.3 Å². The van der Waals surface area contributed by atoms with E-state index in [4.69, 9.17) is 4.84 Å². The lowest BCUT2D eigenvalue weighted by atomic mass is 9.86. The topological polar surface area (TPSA) is 70.9 Å². The number of carbonyl (C=O) groups excluding carboxylic acids is 1. The molecule has 3 rings (SSSR count). The zero-order valence-corrected chi connectivity index (χ0v) is 16.6. The van der Waals surface area contributed by atoms with Gasteiger partial charge < -0.3 is 15.3 Å². The van der Waals surface area contributed by atoms with Gasteiger partial charge in [0.1, 0.15) is 11.9 Å². The highest BCUT2D eigenvalue weighted by Crippen LogP contribution is 2.32. The van der Waals surface area contributed by atoms with Crippen LogP contribution in [0, 0.1) is 5.82 Å². The van der Waals surface area contributed by atoms with E-state index in [1.165, 1.54) is 12.1 Å². The number of hydrogen-bond donors (Lipinski definition) is 2. The number of carbonyl (C=O) groups is 1. The van der Waals surface area contributed by atoms with E-state index < -0.39 is 6.10 Å². The second-order valence-corrected chi connectivity index (χ2v) is 6.46. The molecule has 3 atom stereocenters. The Labute approximate surface area is 165 Å². The second kappa shape index (κ2) is 9.99. The van der Waals surface area contributed by atoms with Gasteiger partial charge in [0, 0.05) is 17.7 Å². The summed E-state index contributed by atoms with van der Waals surface area (Å²) >= 11 is 0. The molecule has 2 N–H and O–H groups in total. The van der Waals surface area contributed by atoms with E-state index in [0.29, 0.717) is 11.3 Å². The Bertz CT molecular complexity index is 819. The lowest BCUT2D eigenvalue weighted by Gasteiger charge is -2.16. The molecule has 0 saturated carbocycles. The van der Waals surface area contributed by atoms with Crippen LogP contribution in [0.5, 0.6) is 0 Å². The molecule has 0 saturated heterocycles. The van der Waals surface area contributed by atoms with Crippen LogP contribution in [0.25, 0.3) is 0 Å². The molecule has 3 unspecified atom stereocenters. The van der Waals surface area contributed by atoms with Crippen molar-refractivity contribution >= 4 is 11.6 Å². The Kier molecular flexibility index (Phi) is 7.70. The largest absolute Gasteiger partial charge is 0.392 e. The van der Waals surface area contributed by atoms with E-state index in [1.54, 1.807) is 37.3 Å². The second-order valence-electron chi connectivity index (χ2n) is 6.46. The van der Waals surface area contributed by atoms with E-state index >= 15 is 0 Å². The number of halogens is 1. The molecule has 150 valence electrons. The fourth-order valence-electron chi connectivity index (χ4n) is 2.98. The average Bonchev–Trinajstić information content (AvgIpc) is 3.09. The molecule has 0 aliphatic carbocycles. The number of aliphatic hydroxyl groups is 1. The number of nitrogens with one attached hydrogen (secondary N) is 1. The molecule has 0 bridgehead atoms. The summed E-state index contributed by atoms with van der Waals surface area (Å²) in [6, 6.07) is 13.4. The van der Waals surface area contributed by atoms with Gasteiger partial charge >= 0.3 is 0 Å². The highest BCUT2D eigenvalue weighted by Gasteiger charge is 2.33. The number of oxime groups is 1. The smallest absolute Gasteiger partial charge is 0.251 e. The van der Waals surface area contributed by atoms with Gasteiger partial charge in [-0.3, -0.25) is 4.79 Å². The monoisotopic (exact) mass is 386 g/mol. The fraction of sp³-hybridized carbons (Fsp3) is 0.364. The van der Waals surface area contributed by atoms with Crippen molar-refractivity contribution in [3.63, 3.8) is 0 Å². The van der Waals surface area contributed by atoms with Crippen LogP contribution < -0.4 is 5.32 Å². The summed E-state index contributed by atoms with van der Waals surface area (Å²) in [5.74, 6) is -0.733. The zero-order chi connectivity index (χ0) is 20.7. The summed E-state index contributed by atoms with van der Waals surface area (Å²) < 4.78 is 13.6. The first-order chi connectivity index (χ1) is 13.5. The number of aliphatic hydroxyl groups excluding tert-OH is 1. The van der Waals surface area contributed by atoms with Gasteiger partial charge in [0.05, 0.1) is 17.7 Å². The van der Waals surface area contributed by atoms with E-state index in [1.807, 2.05) is 26.8 Å². The Balaban J connectivity index is 0.00000136. The van der Waals surface area contributed by atoms with Crippen molar-refractivity contribution in [2.45, 2.75) is 45.8 Å². The molecule has 1 heterocycles. The zero-order valence-electron chi connectivity index (χ0n) is 16.6. The Hall–Kier alpha value is -2.73. The molecular formula is C22H27FN2O3. The summed E-state index contributed by atoms with van der Waals surface area (Å²) in [5.41, 5.74) is 2.81. The molecule has 0 radical (unpaired) electrons. The quantitative estimate of drug-likeness (QED) is 0.819. The number of amides is 1. The van der Waals surface area contributed by atoms with Crippen molar-refractivity contribution in [2.75, 3.05) is 6.54 Å². The van der Waals surface area contributed by atoms with Gasteiger partial charge in [0.15, 0.2) is 0 Å². The number of nitrogens with zero attached hydrogens (tertiary/aromatic N) is 1. The molecule has 1 amide bonds. The van der Waals surface area contributed by atoms with Crippen molar-refractivity contribution < 1.29 is 19.1 Å². The van der Waals surface area contributed by atoms with Gasteiger partial charge in [-0.2, -0.15) is 0 Å². The third-order valence-corrected chi connectivity index (χ3v) is 4.29. The van der Waals surface area contributed by atoms with Crippen molar-refractivity contribution in [3.8, 4) is 0 Å². The lowest BCUT2D eigenvalue weighted by molar-refractivity contribution is 0.0904. The summed E-state index contributed by atoms with van der Waals surface area (Å²) in [7, 11) is 0. The first-order valence-electron chi connectivity index (χ1n) is 9.51. The maximum atomic E-state index is 13.6. The maximum Gasteiger partial charge on any atom is 0.251 e. The first-order valence-corrected chi connectivity index (χ1v) is 9.51. The van der Waals surface area contributed by atoms with E-state index in [2.05, 4.69) is 10.5 Å². The Morgan fingerprint density at radius 1 is 1.25 bits per heavy atom.